The number of benzene rings is 1. The Morgan fingerprint density at radius 2 is 1.83 bits per heavy atom. The van der Waals surface area contributed by atoms with Crippen LogP contribution in [0.25, 0.3) is 0 Å². The standard InChI is InChI=1S/C14H18BrN3/c1-10-14(11(2)18(3)17-10)9-16-8-12-4-6-13(15)7-5-12/h4-7,16H,8-9H2,1-3H3. The zero-order chi connectivity index (χ0) is 13.1. The predicted octanol–water partition coefficient (Wildman–Crippen LogP) is 3.09. The molecule has 0 amide bonds. The van der Waals surface area contributed by atoms with Crippen molar-refractivity contribution in [1.29, 1.82) is 0 Å². The Bertz CT molecular complexity index is 529. The zero-order valence-electron chi connectivity index (χ0n) is 11.0. The highest BCUT2D eigenvalue weighted by Crippen LogP contribution is 2.13. The van der Waals surface area contributed by atoms with Crippen molar-refractivity contribution in [2.45, 2.75) is 26.9 Å². The predicted molar refractivity (Wildman–Crippen MR) is 77.4 cm³/mol. The molecule has 2 rings (SSSR count). The monoisotopic (exact) mass is 307 g/mol. The minimum absolute atomic E-state index is 0.863. The minimum Gasteiger partial charge on any atom is -0.308 e. The van der Waals surface area contributed by atoms with Gasteiger partial charge in [-0.1, -0.05) is 28.1 Å². The molecule has 1 aromatic carbocycles. The van der Waals surface area contributed by atoms with E-state index in [9.17, 15) is 0 Å². The van der Waals surface area contributed by atoms with Crippen LogP contribution in [0.3, 0.4) is 0 Å². The topological polar surface area (TPSA) is 29.9 Å². The van der Waals surface area contributed by atoms with Gasteiger partial charge in [-0.15, -0.1) is 0 Å². The van der Waals surface area contributed by atoms with Crippen molar-refractivity contribution in [2.24, 2.45) is 7.05 Å². The lowest BCUT2D eigenvalue weighted by Gasteiger charge is -2.06. The Morgan fingerprint density at radius 3 is 2.39 bits per heavy atom. The van der Waals surface area contributed by atoms with E-state index in [0.717, 1.165) is 23.3 Å². The summed E-state index contributed by atoms with van der Waals surface area (Å²) in [5.41, 5.74) is 4.93. The van der Waals surface area contributed by atoms with Crippen LogP contribution in [0, 0.1) is 13.8 Å². The first kappa shape index (κ1) is 13.3. The van der Waals surface area contributed by atoms with Crippen LogP contribution in [-0.4, -0.2) is 9.78 Å². The van der Waals surface area contributed by atoms with Crippen LogP contribution in [0.2, 0.25) is 0 Å². The third kappa shape index (κ3) is 3.00. The molecule has 0 aliphatic carbocycles. The van der Waals surface area contributed by atoms with Crippen molar-refractivity contribution in [3.8, 4) is 0 Å². The Balaban J connectivity index is 1.94. The molecule has 0 fully saturated rings. The van der Waals surface area contributed by atoms with Gasteiger partial charge in [-0.05, 0) is 31.5 Å². The van der Waals surface area contributed by atoms with Gasteiger partial charge >= 0.3 is 0 Å². The SMILES string of the molecule is Cc1nn(C)c(C)c1CNCc1ccc(Br)cc1. The second-order valence-corrected chi connectivity index (χ2v) is 5.42. The van der Waals surface area contributed by atoms with E-state index < -0.39 is 0 Å². The van der Waals surface area contributed by atoms with Gasteiger partial charge in [0, 0.05) is 35.9 Å². The first-order valence-corrected chi connectivity index (χ1v) is 6.81. The molecular formula is C14H18BrN3. The molecule has 0 aliphatic rings. The van der Waals surface area contributed by atoms with E-state index in [4.69, 9.17) is 0 Å². The lowest BCUT2D eigenvalue weighted by atomic mass is 10.2. The summed E-state index contributed by atoms with van der Waals surface area (Å²) in [7, 11) is 1.99. The van der Waals surface area contributed by atoms with Crippen LogP contribution in [0.4, 0.5) is 0 Å². The van der Waals surface area contributed by atoms with Gasteiger partial charge in [0.05, 0.1) is 5.69 Å². The number of halogens is 1. The van der Waals surface area contributed by atoms with Crippen LogP contribution >= 0.6 is 15.9 Å². The summed E-state index contributed by atoms with van der Waals surface area (Å²) >= 11 is 3.44. The highest BCUT2D eigenvalue weighted by molar-refractivity contribution is 9.10. The van der Waals surface area contributed by atoms with Crippen molar-refractivity contribution < 1.29 is 0 Å². The molecule has 1 aromatic heterocycles. The number of hydrogen-bond acceptors (Lipinski definition) is 2. The lowest BCUT2D eigenvalue weighted by molar-refractivity contribution is 0.684. The van der Waals surface area contributed by atoms with Gasteiger partial charge in [0.15, 0.2) is 0 Å². The molecule has 0 bridgehead atoms. The first-order chi connectivity index (χ1) is 8.58. The average Bonchev–Trinajstić information content (AvgIpc) is 2.58. The maximum absolute atomic E-state index is 4.42. The van der Waals surface area contributed by atoms with Crippen molar-refractivity contribution in [3.63, 3.8) is 0 Å². The summed E-state index contributed by atoms with van der Waals surface area (Å²) in [6.45, 7) is 5.91. The number of hydrogen-bond donors (Lipinski definition) is 1. The number of nitrogens with one attached hydrogen (secondary N) is 1. The van der Waals surface area contributed by atoms with Crippen molar-refractivity contribution in [3.05, 3.63) is 51.3 Å². The summed E-state index contributed by atoms with van der Waals surface area (Å²) in [5.74, 6) is 0. The molecule has 96 valence electrons. The fourth-order valence-electron chi connectivity index (χ4n) is 2.01. The molecule has 18 heavy (non-hydrogen) atoms. The number of aryl methyl sites for hydroxylation is 2. The molecule has 0 unspecified atom stereocenters. The molecule has 4 heteroatoms. The van der Waals surface area contributed by atoms with Crippen LogP contribution in [-0.2, 0) is 20.1 Å². The number of rotatable bonds is 4. The molecule has 0 saturated carbocycles. The summed E-state index contributed by atoms with van der Waals surface area (Å²) in [5, 5.41) is 7.88. The van der Waals surface area contributed by atoms with E-state index in [0.29, 0.717) is 0 Å². The van der Waals surface area contributed by atoms with E-state index >= 15 is 0 Å². The van der Waals surface area contributed by atoms with E-state index in [2.05, 4.69) is 64.5 Å². The molecule has 0 saturated heterocycles. The van der Waals surface area contributed by atoms with Crippen molar-refractivity contribution in [1.82, 2.24) is 15.1 Å². The normalized spacial score (nSPS) is 10.9. The molecule has 3 nitrogen and oxygen atoms in total. The lowest BCUT2D eigenvalue weighted by Crippen LogP contribution is -2.13. The largest absolute Gasteiger partial charge is 0.308 e. The summed E-state index contributed by atoms with van der Waals surface area (Å²) in [6.07, 6.45) is 0. The number of aromatic nitrogens is 2. The molecule has 0 atom stereocenters. The third-order valence-corrected chi connectivity index (χ3v) is 3.73. The highest BCUT2D eigenvalue weighted by atomic mass is 79.9. The van der Waals surface area contributed by atoms with Crippen molar-refractivity contribution in [2.75, 3.05) is 0 Å². The van der Waals surface area contributed by atoms with Crippen LogP contribution in [0.5, 0.6) is 0 Å². The van der Waals surface area contributed by atoms with Gasteiger partial charge in [-0.2, -0.15) is 5.10 Å². The Labute approximate surface area is 116 Å². The van der Waals surface area contributed by atoms with Crippen molar-refractivity contribution >= 4 is 15.9 Å². The quantitative estimate of drug-likeness (QED) is 0.940. The van der Waals surface area contributed by atoms with Crippen LogP contribution in [0.1, 0.15) is 22.5 Å². The van der Waals surface area contributed by atoms with E-state index in [1.807, 2.05) is 11.7 Å². The molecular weight excluding hydrogens is 290 g/mol. The fraction of sp³-hybridized carbons (Fsp3) is 0.357. The van der Waals surface area contributed by atoms with Gasteiger partial charge < -0.3 is 5.32 Å². The fourth-order valence-corrected chi connectivity index (χ4v) is 2.27. The first-order valence-electron chi connectivity index (χ1n) is 6.02. The summed E-state index contributed by atoms with van der Waals surface area (Å²) in [6, 6.07) is 8.38. The molecule has 0 aliphatic heterocycles. The molecule has 1 N–H and O–H groups in total. The Morgan fingerprint density at radius 1 is 1.17 bits per heavy atom. The second kappa shape index (κ2) is 5.67. The molecule has 1 heterocycles. The van der Waals surface area contributed by atoms with Gasteiger partial charge in [-0.25, -0.2) is 0 Å². The Kier molecular flexibility index (Phi) is 4.19. The maximum Gasteiger partial charge on any atom is 0.0641 e. The van der Waals surface area contributed by atoms with Crippen LogP contribution in [0.15, 0.2) is 28.7 Å². The van der Waals surface area contributed by atoms with Gasteiger partial charge in [0.25, 0.3) is 0 Å². The number of nitrogens with zero attached hydrogens (tertiary/aromatic N) is 2. The second-order valence-electron chi connectivity index (χ2n) is 4.50. The van der Waals surface area contributed by atoms with Gasteiger partial charge in [0.1, 0.15) is 0 Å². The zero-order valence-corrected chi connectivity index (χ0v) is 12.6. The Hall–Kier alpha value is -1.13. The summed E-state index contributed by atoms with van der Waals surface area (Å²) in [4.78, 5) is 0. The van der Waals surface area contributed by atoms with Crippen LogP contribution < -0.4 is 5.32 Å². The smallest absolute Gasteiger partial charge is 0.0641 e. The van der Waals surface area contributed by atoms with E-state index in [-0.39, 0.29) is 0 Å². The molecule has 0 spiro atoms. The van der Waals surface area contributed by atoms with Gasteiger partial charge in [0.2, 0.25) is 0 Å². The van der Waals surface area contributed by atoms with E-state index in [1.54, 1.807) is 0 Å². The summed E-state index contributed by atoms with van der Waals surface area (Å²) < 4.78 is 3.05. The maximum atomic E-state index is 4.42. The third-order valence-electron chi connectivity index (χ3n) is 3.20. The minimum atomic E-state index is 0.863. The highest BCUT2D eigenvalue weighted by Gasteiger charge is 2.08. The molecule has 0 radical (unpaired) electrons. The van der Waals surface area contributed by atoms with E-state index in [1.165, 1.54) is 16.8 Å². The average molecular weight is 308 g/mol. The molecule has 2 aromatic rings. The van der Waals surface area contributed by atoms with Gasteiger partial charge in [-0.3, -0.25) is 4.68 Å².